The van der Waals surface area contributed by atoms with Gasteiger partial charge in [-0.15, -0.1) is 0 Å². The molecule has 0 spiro atoms. The molecule has 0 bridgehead atoms. The van der Waals surface area contributed by atoms with Crippen molar-refractivity contribution in [2.45, 2.75) is 69.5 Å². The van der Waals surface area contributed by atoms with Crippen molar-refractivity contribution < 1.29 is 14.4 Å². The highest BCUT2D eigenvalue weighted by Crippen LogP contribution is 2.22. The van der Waals surface area contributed by atoms with Gasteiger partial charge in [-0.3, -0.25) is 24.3 Å². The Balaban J connectivity index is 1.62. The van der Waals surface area contributed by atoms with Crippen LogP contribution in [0.2, 0.25) is 0 Å². The third-order valence-corrected chi connectivity index (χ3v) is 7.40. The maximum atomic E-state index is 13.4. The van der Waals surface area contributed by atoms with Crippen LogP contribution in [0.1, 0.15) is 50.5 Å². The second-order valence-electron chi connectivity index (χ2n) is 10.3. The summed E-state index contributed by atoms with van der Waals surface area (Å²) in [5.41, 5.74) is 23.1. The van der Waals surface area contributed by atoms with Gasteiger partial charge in [-0.05, 0) is 80.8 Å². The zero-order valence-electron chi connectivity index (χ0n) is 23.2. The maximum Gasteiger partial charge on any atom is 0.243 e. The molecule has 0 saturated carbocycles. The molecular weight excluding hydrogens is 508 g/mol. The number of hydrogen-bond acceptors (Lipinski definition) is 6. The molecule has 1 fully saturated rings. The van der Waals surface area contributed by atoms with Crippen molar-refractivity contribution in [1.82, 2.24) is 15.5 Å². The van der Waals surface area contributed by atoms with Crippen LogP contribution in [0.25, 0.3) is 10.8 Å². The number of carbonyl (C=O) groups excluding carboxylic acids is 3. The van der Waals surface area contributed by atoms with E-state index in [1.807, 2.05) is 12.1 Å². The number of aliphatic imine (C=N–C) groups is 1. The monoisotopic (exact) mass is 552 g/mol. The van der Waals surface area contributed by atoms with Gasteiger partial charge in [-0.2, -0.15) is 0 Å². The molecule has 2 aromatic carbocycles. The number of guanidine groups is 1. The van der Waals surface area contributed by atoms with Crippen LogP contribution in [0.3, 0.4) is 0 Å². The molecule has 1 aliphatic rings. The predicted octanol–water partition coefficient (Wildman–Crippen LogP) is 0.484. The molecule has 218 valence electrons. The third-order valence-electron chi connectivity index (χ3n) is 7.40. The van der Waals surface area contributed by atoms with Crippen molar-refractivity contribution in [3.63, 3.8) is 0 Å². The van der Waals surface area contributed by atoms with Crippen LogP contribution in [-0.2, 0) is 20.8 Å². The molecule has 2 aromatic rings. The van der Waals surface area contributed by atoms with Gasteiger partial charge in [0.05, 0.1) is 6.04 Å². The number of amides is 3. The Morgan fingerprint density at radius 2 is 1.70 bits per heavy atom. The van der Waals surface area contributed by atoms with Crippen LogP contribution in [0.4, 0.5) is 0 Å². The number of rotatable bonds is 16. The molecule has 0 aromatic heterocycles. The van der Waals surface area contributed by atoms with Gasteiger partial charge in [-0.25, -0.2) is 0 Å². The van der Waals surface area contributed by atoms with Crippen LogP contribution in [0.5, 0.6) is 0 Å². The lowest BCUT2D eigenvalue weighted by atomic mass is 10.0. The maximum absolute atomic E-state index is 13.4. The molecule has 3 rings (SSSR count). The highest BCUT2D eigenvalue weighted by atomic mass is 16.2. The Labute approximate surface area is 236 Å². The molecule has 0 aliphatic carbocycles. The first kappa shape index (κ1) is 30.8. The number of likely N-dealkylation sites (tertiary alicyclic amines) is 1. The molecule has 1 saturated heterocycles. The molecule has 0 radical (unpaired) electrons. The highest BCUT2D eigenvalue weighted by molar-refractivity contribution is 5.92. The summed E-state index contributed by atoms with van der Waals surface area (Å²) in [6.07, 6.45) is 5.01. The molecular formula is C29H44N8O3. The summed E-state index contributed by atoms with van der Waals surface area (Å²) in [5, 5.41) is 8.11. The molecule has 3 atom stereocenters. The minimum Gasteiger partial charge on any atom is -0.370 e. The summed E-state index contributed by atoms with van der Waals surface area (Å²) in [7, 11) is 0. The number of carbonyl (C=O) groups is 3. The van der Waals surface area contributed by atoms with Gasteiger partial charge >= 0.3 is 0 Å². The minimum atomic E-state index is -0.890. The molecule has 1 aliphatic heterocycles. The number of nitrogens with two attached hydrogens (primary N) is 4. The van der Waals surface area contributed by atoms with E-state index in [0.29, 0.717) is 32.4 Å². The molecule has 10 N–H and O–H groups in total. The van der Waals surface area contributed by atoms with E-state index in [1.54, 1.807) is 0 Å². The quantitative estimate of drug-likeness (QED) is 0.0989. The first-order valence-electron chi connectivity index (χ1n) is 14.2. The fourth-order valence-corrected chi connectivity index (χ4v) is 5.26. The summed E-state index contributed by atoms with van der Waals surface area (Å²) in [6.45, 7) is 2.37. The minimum absolute atomic E-state index is 0.0413. The molecule has 40 heavy (non-hydrogen) atoms. The van der Waals surface area contributed by atoms with Gasteiger partial charge < -0.3 is 33.6 Å². The standard InChI is InChI=1S/C29H44N8O3/c30-16-4-3-12-24(27(39)35-23(26(31)38)13-6-17-34-29(32)33)36-28(40)25-14-7-18-37(25)19-15-21-10-5-9-20-8-1-2-11-22(20)21/h1-2,5,8-11,23-25H,3-4,6-7,12-19,30H2,(H2,31,38)(H,35,39)(H,36,40)(H4,32,33,34). The molecule has 1 heterocycles. The van der Waals surface area contributed by atoms with Crippen LogP contribution in [-0.4, -0.2) is 72.9 Å². The van der Waals surface area contributed by atoms with Crippen molar-refractivity contribution in [3.05, 3.63) is 48.0 Å². The Morgan fingerprint density at radius 1 is 0.950 bits per heavy atom. The van der Waals surface area contributed by atoms with Crippen molar-refractivity contribution in [1.29, 1.82) is 0 Å². The summed E-state index contributed by atoms with van der Waals surface area (Å²) >= 11 is 0. The van der Waals surface area contributed by atoms with E-state index < -0.39 is 23.9 Å². The largest absolute Gasteiger partial charge is 0.370 e. The zero-order valence-corrected chi connectivity index (χ0v) is 23.2. The van der Waals surface area contributed by atoms with Gasteiger partial charge in [0, 0.05) is 13.1 Å². The van der Waals surface area contributed by atoms with Gasteiger partial charge in [0.1, 0.15) is 12.1 Å². The lowest BCUT2D eigenvalue weighted by molar-refractivity contribution is -0.133. The number of nitrogens with one attached hydrogen (secondary N) is 2. The normalized spacial score (nSPS) is 16.8. The SMILES string of the molecule is NCCCCC(NC(=O)C1CCCN1CCc1cccc2ccccc12)C(=O)NC(CCCN=C(N)N)C(N)=O. The summed E-state index contributed by atoms with van der Waals surface area (Å²) in [4.78, 5) is 44.7. The first-order chi connectivity index (χ1) is 19.3. The summed E-state index contributed by atoms with van der Waals surface area (Å²) < 4.78 is 0. The molecule has 3 amide bonds. The van der Waals surface area contributed by atoms with Gasteiger partial charge in [0.25, 0.3) is 0 Å². The number of primary amides is 1. The van der Waals surface area contributed by atoms with Crippen molar-refractivity contribution in [2.75, 3.05) is 26.2 Å². The second kappa shape index (κ2) is 15.8. The number of fused-ring (bicyclic) bond motifs is 1. The Hall–Kier alpha value is -3.70. The molecule has 11 nitrogen and oxygen atoms in total. The van der Waals surface area contributed by atoms with Crippen LogP contribution in [0.15, 0.2) is 47.5 Å². The average molecular weight is 553 g/mol. The Morgan fingerprint density at radius 3 is 2.45 bits per heavy atom. The van der Waals surface area contributed by atoms with E-state index in [-0.39, 0.29) is 24.3 Å². The van der Waals surface area contributed by atoms with E-state index in [2.05, 4.69) is 50.9 Å². The number of benzene rings is 2. The van der Waals surface area contributed by atoms with Gasteiger partial charge in [0.2, 0.25) is 17.7 Å². The van der Waals surface area contributed by atoms with Crippen molar-refractivity contribution in [2.24, 2.45) is 27.9 Å². The van der Waals surface area contributed by atoms with Crippen molar-refractivity contribution >= 4 is 34.5 Å². The lowest BCUT2D eigenvalue weighted by Crippen LogP contribution is -2.55. The topological polar surface area (TPSA) is 195 Å². The smallest absolute Gasteiger partial charge is 0.243 e. The lowest BCUT2D eigenvalue weighted by Gasteiger charge is -2.27. The molecule has 11 heteroatoms. The fraction of sp³-hybridized carbons (Fsp3) is 0.517. The Bertz CT molecular complexity index is 1160. The molecule has 3 unspecified atom stereocenters. The number of nitrogens with zero attached hydrogens (tertiary/aromatic N) is 2. The van der Waals surface area contributed by atoms with Gasteiger partial charge in [-0.1, -0.05) is 42.5 Å². The summed E-state index contributed by atoms with van der Waals surface area (Å²) in [5.74, 6) is -1.30. The second-order valence-corrected chi connectivity index (χ2v) is 10.3. The van der Waals surface area contributed by atoms with E-state index in [9.17, 15) is 14.4 Å². The Kier molecular flexibility index (Phi) is 12.2. The first-order valence-corrected chi connectivity index (χ1v) is 14.2. The number of unbranched alkanes of at least 4 members (excludes halogenated alkanes) is 1. The predicted molar refractivity (Wildman–Crippen MR) is 158 cm³/mol. The van der Waals surface area contributed by atoms with E-state index in [4.69, 9.17) is 22.9 Å². The van der Waals surface area contributed by atoms with Gasteiger partial charge in [0.15, 0.2) is 5.96 Å². The van der Waals surface area contributed by atoms with Crippen LogP contribution < -0.4 is 33.6 Å². The van der Waals surface area contributed by atoms with E-state index >= 15 is 0 Å². The highest BCUT2D eigenvalue weighted by Gasteiger charge is 2.33. The summed E-state index contributed by atoms with van der Waals surface area (Å²) in [6, 6.07) is 12.6. The third kappa shape index (κ3) is 9.20. The van der Waals surface area contributed by atoms with Crippen LogP contribution >= 0.6 is 0 Å². The zero-order chi connectivity index (χ0) is 28.9. The van der Waals surface area contributed by atoms with E-state index in [1.165, 1.54) is 16.3 Å². The number of hydrogen-bond donors (Lipinski definition) is 6. The van der Waals surface area contributed by atoms with E-state index in [0.717, 1.165) is 38.8 Å². The fourth-order valence-electron chi connectivity index (χ4n) is 5.26. The van der Waals surface area contributed by atoms with Crippen LogP contribution in [0, 0.1) is 0 Å². The average Bonchev–Trinajstić information content (AvgIpc) is 3.41. The van der Waals surface area contributed by atoms with Crippen molar-refractivity contribution in [3.8, 4) is 0 Å².